The molecule has 3 heteroatoms. The number of hydrogen-bond donors (Lipinski definition) is 0. The molecule has 2 aliphatic carbocycles. The fourth-order valence-corrected chi connectivity index (χ4v) is 3.21. The topological polar surface area (TPSA) is 20.3 Å². The number of carbonyl (C=O) groups is 1. The van der Waals surface area contributed by atoms with E-state index in [2.05, 4.69) is 29.2 Å². The molecule has 0 radical (unpaired) electrons. The number of carbonyl (C=O) groups excluding carboxylic acids is 1. The maximum Gasteiger partial charge on any atom is 0.238 e. The van der Waals surface area contributed by atoms with E-state index in [0.29, 0.717) is 6.04 Å². The first-order valence-corrected chi connectivity index (χ1v) is 7.29. The van der Waals surface area contributed by atoms with E-state index in [9.17, 15) is 4.79 Å². The van der Waals surface area contributed by atoms with Gasteiger partial charge in [-0.1, -0.05) is 24.3 Å². The van der Waals surface area contributed by atoms with Crippen LogP contribution in [0.25, 0.3) is 0 Å². The van der Waals surface area contributed by atoms with Crippen LogP contribution in [0.5, 0.6) is 0 Å². The molecule has 2 aliphatic rings. The van der Waals surface area contributed by atoms with Crippen LogP contribution in [0, 0.1) is 0 Å². The van der Waals surface area contributed by atoms with Gasteiger partial charge in [0.25, 0.3) is 0 Å². The molecule has 1 amide bonds. The standard InChI is InChI=1S/C15H18ClNO/c16-10-15(18)17(12-8-9-12)14-7-3-5-11-4-1-2-6-13(11)14/h1-2,4,6,12,14H,3,5,7-10H2/t14-/m0/s1. The maximum atomic E-state index is 12.1. The second kappa shape index (κ2) is 4.93. The van der Waals surface area contributed by atoms with Crippen molar-refractivity contribution in [2.75, 3.05) is 5.88 Å². The number of nitrogens with zero attached hydrogens (tertiary/aromatic N) is 1. The lowest BCUT2D eigenvalue weighted by molar-refractivity contribution is -0.132. The van der Waals surface area contributed by atoms with Crippen molar-refractivity contribution in [2.24, 2.45) is 0 Å². The SMILES string of the molecule is O=C(CCl)N(C1CC1)[C@H]1CCCc2ccccc21. The van der Waals surface area contributed by atoms with E-state index in [1.807, 2.05) is 0 Å². The highest BCUT2D eigenvalue weighted by molar-refractivity contribution is 6.27. The molecule has 96 valence electrons. The second-order valence-corrected chi connectivity index (χ2v) is 5.54. The average molecular weight is 264 g/mol. The van der Waals surface area contributed by atoms with Crippen LogP contribution in [0.1, 0.15) is 42.9 Å². The summed E-state index contributed by atoms with van der Waals surface area (Å²) in [5.74, 6) is 0.204. The van der Waals surface area contributed by atoms with E-state index in [1.54, 1.807) is 0 Å². The molecule has 18 heavy (non-hydrogen) atoms. The zero-order valence-electron chi connectivity index (χ0n) is 10.4. The highest BCUT2D eigenvalue weighted by atomic mass is 35.5. The van der Waals surface area contributed by atoms with Crippen molar-refractivity contribution in [3.05, 3.63) is 35.4 Å². The summed E-state index contributed by atoms with van der Waals surface area (Å²) in [6, 6.07) is 9.23. The molecule has 0 spiro atoms. The van der Waals surface area contributed by atoms with Crippen LogP contribution in [-0.2, 0) is 11.2 Å². The number of fused-ring (bicyclic) bond motifs is 1. The van der Waals surface area contributed by atoms with Gasteiger partial charge >= 0.3 is 0 Å². The van der Waals surface area contributed by atoms with Crippen LogP contribution in [0.3, 0.4) is 0 Å². The summed E-state index contributed by atoms with van der Waals surface area (Å²) in [4.78, 5) is 14.2. The molecular formula is C15H18ClNO. The van der Waals surface area contributed by atoms with Crippen molar-refractivity contribution in [3.8, 4) is 0 Å². The van der Waals surface area contributed by atoms with Gasteiger partial charge < -0.3 is 4.90 Å². The summed E-state index contributed by atoms with van der Waals surface area (Å²) in [6.45, 7) is 0. The first-order valence-electron chi connectivity index (χ1n) is 6.76. The van der Waals surface area contributed by atoms with Gasteiger partial charge in [0.1, 0.15) is 5.88 Å². The van der Waals surface area contributed by atoms with Gasteiger partial charge in [-0.05, 0) is 43.2 Å². The van der Waals surface area contributed by atoms with Crippen molar-refractivity contribution in [1.82, 2.24) is 4.90 Å². The predicted octanol–water partition coefficient (Wildman–Crippen LogP) is 3.29. The van der Waals surface area contributed by atoms with E-state index < -0.39 is 0 Å². The Labute approximate surface area is 113 Å². The number of alkyl halides is 1. The van der Waals surface area contributed by atoms with E-state index >= 15 is 0 Å². The molecule has 0 N–H and O–H groups in total. The highest BCUT2D eigenvalue weighted by Crippen LogP contribution is 2.40. The Balaban J connectivity index is 1.93. The van der Waals surface area contributed by atoms with Crippen molar-refractivity contribution >= 4 is 17.5 Å². The molecule has 0 bridgehead atoms. The van der Waals surface area contributed by atoms with E-state index in [0.717, 1.165) is 25.7 Å². The Morgan fingerprint density at radius 1 is 1.28 bits per heavy atom. The molecular weight excluding hydrogens is 246 g/mol. The Bertz CT molecular complexity index is 456. The van der Waals surface area contributed by atoms with Gasteiger partial charge in [0.15, 0.2) is 0 Å². The monoisotopic (exact) mass is 263 g/mol. The number of rotatable bonds is 3. The van der Waals surface area contributed by atoms with Crippen molar-refractivity contribution in [2.45, 2.75) is 44.2 Å². The second-order valence-electron chi connectivity index (χ2n) is 5.27. The van der Waals surface area contributed by atoms with Crippen molar-refractivity contribution in [1.29, 1.82) is 0 Å². The molecule has 1 aromatic carbocycles. The van der Waals surface area contributed by atoms with E-state index in [4.69, 9.17) is 11.6 Å². The van der Waals surface area contributed by atoms with Gasteiger partial charge in [0.2, 0.25) is 5.91 Å². The van der Waals surface area contributed by atoms with Crippen LogP contribution in [0.15, 0.2) is 24.3 Å². The minimum atomic E-state index is 0.0980. The predicted molar refractivity (Wildman–Crippen MR) is 72.7 cm³/mol. The lowest BCUT2D eigenvalue weighted by Gasteiger charge is -2.36. The first kappa shape index (κ1) is 12.0. The molecule has 0 unspecified atom stereocenters. The van der Waals surface area contributed by atoms with Crippen molar-refractivity contribution in [3.63, 3.8) is 0 Å². The minimum Gasteiger partial charge on any atom is -0.332 e. The number of benzene rings is 1. The van der Waals surface area contributed by atoms with Crippen LogP contribution in [0.2, 0.25) is 0 Å². The van der Waals surface area contributed by atoms with Gasteiger partial charge in [-0.15, -0.1) is 11.6 Å². The first-order chi connectivity index (χ1) is 8.81. The number of aryl methyl sites for hydroxylation is 1. The molecule has 0 heterocycles. The largest absolute Gasteiger partial charge is 0.332 e. The third-order valence-corrected chi connectivity index (χ3v) is 4.24. The van der Waals surface area contributed by atoms with E-state index in [1.165, 1.54) is 17.5 Å². The third kappa shape index (κ3) is 2.14. The number of amides is 1. The normalized spacial score (nSPS) is 22.4. The fraction of sp³-hybridized carbons (Fsp3) is 0.533. The summed E-state index contributed by atoms with van der Waals surface area (Å²) in [7, 11) is 0. The van der Waals surface area contributed by atoms with Crippen LogP contribution >= 0.6 is 11.6 Å². The Morgan fingerprint density at radius 2 is 2.06 bits per heavy atom. The van der Waals surface area contributed by atoms with Gasteiger partial charge in [-0.25, -0.2) is 0 Å². The van der Waals surface area contributed by atoms with Crippen LogP contribution < -0.4 is 0 Å². The molecule has 1 fully saturated rings. The van der Waals surface area contributed by atoms with Crippen molar-refractivity contribution < 1.29 is 4.79 Å². The summed E-state index contributed by atoms with van der Waals surface area (Å²) >= 11 is 5.77. The lowest BCUT2D eigenvalue weighted by Crippen LogP contribution is -2.39. The molecule has 3 rings (SSSR count). The Hall–Kier alpha value is -1.02. The van der Waals surface area contributed by atoms with Gasteiger partial charge in [0.05, 0.1) is 6.04 Å². The summed E-state index contributed by atoms with van der Waals surface area (Å²) < 4.78 is 0. The smallest absolute Gasteiger partial charge is 0.238 e. The molecule has 0 aromatic heterocycles. The fourth-order valence-electron chi connectivity index (χ4n) is 3.07. The maximum absolute atomic E-state index is 12.1. The number of halogens is 1. The Morgan fingerprint density at radius 3 is 2.78 bits per heavy atom. The Kier molecular flexibility index (Phi) is 3.29. The van der Waals surface area contributed by atoms with Crippen LogP contribution in [-0.4, -0.2) is 22.7 Å². The average Bonchev–Trinajstić information content (AvgIpc) is 3.24. The zero-order valence-corrected chi connectivity index (χ0v) is 11.2. The minimum absolute atomic E-state index is 0.0980. The summed E-state index contributed by atoms with van der Waals surface area (Å²) in [6.07, 6.45) is 5.67. The molecule has 1 atom stereocenters. The molecule has 0 aliphatic heterocycles. The quantitative estimate of drug-likeness (QED) is 0.767. The van der Waals surface area contributed by atoms with E-state index in [-0.39, 0.29) is 17.8 Å². The molecule has 0 saturated heterocycles. The molecule has 1 saturated carbocycles. The van der Waals surface area contributed by atoms with Gasteiger partial charge in [0, 0.05) is 6.04 Å². The van der Waals surface area contributed by atoms with Gasteiger partial charge in [-0.3, -0.25) is 4.79 Å². The summed E-state index contributed by atoms with van der Waals surface area (Å²) in [5.41, 5.74) is 2.75. The summed E-state index contributed by atoms with van der Waals surface area (Å²) in [5, 5.41) is 0. The number of hydrogen-bond acceptors (Lipinski definition) is 1. The molecule has 1 aromatic rings. The third-order valence-electron chi connectivity index (χ3n) is 4.02. The zero-order chi connectivity index (χ0) is 12.5. The van der Waals surface area contributed by atoms with Crippen LogP contribution in [0.4, 0.5) is 0 Å². The molecule has 2 nitrogen and oxygen atoms in total. The highest BCUT2D eigenvalue weighted by Gasteiger charge is 2.38. The lowest BCUT2D eigenvalue weighted by atomic mass is 9.86. The van der Waals surface area contributed by atoms with Gasteiger partial charge in [-0.2, -0.15) is 0 Å².